The largest absolute Gasteiger partial charge is 0.382 e. The van der Waals surface area contributed by atoms with Gasteiger partial charge < -0.3 is 16.8 Å². The van der Waals surface area contributed by atoms with Crippen molar-refractivity contribution in [2.24, 2.45) is 5.73 Å². The van der Waals surface area contributed by atoms with Gasteiger partial charge in [-0.25, -0.2) is 0 Å². The molecule has 0 saturated heterocycles. The van der Waals surface area contributed by atoms with E-state index >= 15 is 0 Å². The van der Waals surface area contributed by atoms with Gasteiger partial charge in [0.25, 0.3) is 5.91 Å². The Bertz CT molecular complexity index is 552. The topological polar surface area (TPSA) is 94.0 Å². The van der Waals surface area contributed by atoms with E-state index in [0.29, 0.717) is 5.00 Å². The van der Waals surface area contributed by atoms with Crippen LogP contribution in [0.3, 0.4) is 0 Å². The Morgan fingerprint density at radius 1 is 1.39 bits per heavy atom. The molecule has 0 radical (unpaired) electrons. The molecule has 0 aliphatic carbocycles. The number of hydrogen-bond donors (Lipinski definition) is 3. The van der Waals surface area contributed by atoms with Crippen molar-refractivity contribution in [1.29, 1.82) is 0 Å². The van der Waals surface area contributed by atoms with Crippen LogP contribution >= 0.6 is 11.5 Å². The molecule has 0 aliphatic rings. The van der Waals surface area contributed by atoms with Crippen LogP contribution < -0.4 is 16.8 Å². The zero-order valence-corrected chi connectivity index (χ0v) is 10.7. The van der Waals surface area contributed by atoms with Gasteiger partial charge in [-0.3, -0.25) is 4.79 Å². The quantitative estimate of drug-likeness (QED) is 0.785. The van der Waals surface area contributed by atoms with Crippen LogP contribution in [0.25, 0.3) is 0 Å². The standard InChI is InChI=1S/C12H14N4OS/c1-7(8-5-3-2-4-6-8)15-12-9(11(14)17)10(13)16-18-12/h2-7,15H,1H3,(H2,13,16)(H2,14,17). The van der Waals surface area contributed by atoms with E-state index in [0.717, 1.165) is 17.1 Å². The molecule has 5 nitrogen and oxygen atoms in total. The Hall–Kier alpha value is -2.08. The van der Waals surface area contributed by atoms with E-state index in [9.17, 15) is 4.79 Å². The number of primary amides is 1. The second-order valence-electron chi connectivity index (χ2n) is 3.91. The summed E-state index contributed by atoms with van der Waals surface area (Å²) in [5.74, 6) is -0.390. The fourth-order valence-electron chi connectivity index (χ4n) is 1.66. The van der Waals surface area contributed by atoms with E-state index < -0.39 is 5.91 Å². The summed E-state index contributed by atoms with van der Waals surface area (Å²) >= 11 is 1.14. The van der Waals surface area contributed by atoms with Crippen LogP contribution in [-0.4, -0.2) is 10.3 Å². The number of carbonyl (C=O) groups excluding carboxylic acids is 1. The predicted octanol–water partition coefficient (Wildman–Crippen LogP) is 2.00. The molecule has 1 heterocycles. The lowest BCUT2D eigenvalue weighted by molar-refractivity contribution is 0.100. The second-order valence-corrected chi connectivity index (χ2v) is 4.69. The first kappa shape index (κ1) is 12.4. The molecular weight excluding hydrogens is 248 g/mol. The van der Waals surface area contributed by atoms with Crippen molar-refractivity contribution >= 4 is 28.3 Å². The Morgan fingerprint density at radius 2 is 2.06 bits per heavy atom. The molecular formula is C12H14N4OS. The summed E-state index contributed by atoms with van der Waals surface area (Å²) in [6.07, 6.45) is 0. The average Bonchev–Trinajstić information content (AvgIpc) is 2.71. The monoisotopic (exact) mass is 262 g/mol. The van der Waals surface area contributed by atoms with E-state index in [1.165, 1.54) is 0 Å². The number of nitrogens with one attached hydrogen (secondary N) is 1. The number of aromatic nitrogens is 1. The highest BCUT2D eigenvalue weighted by molar-refractivity contribution is 7.11. The lowest BCUT2D eigenvalue weighted by atomic mass is 10.1. The molecule has 0 aliphatic heterocycles. The summed E-state index contributed by atoms with van der Waals surface area (Å²) in [4.78, 5) is 11.3. The Balaban J connectivity index is 2.22. The number of anilines is 2. The molecule has 5 N–H and O–H groups in total. The van der Waals surface area contributed by atoms with E-state index in [4.69, 9.17) is 11.5 Å². The van der Waals surface area contributed by atoms with Crippen molar-refractivity contribution in [3.63, 3.8) is 0 Å². The highest BCUT2D eigenvalue weighted by atomic mass is 32.1. The van der Waals surface area contributed by atoms with Crippen molar-refractivity contribution < 1.29 is 4.79 Å². The van der Waals surface area contributed by atoms with Crippen LogP contribution in [0.4, 0.5) is 10.8 Å². The average molecular weight is 262 g/mol. The van der Waals surface area contributed by atoms with Crippen LogP contribution in [0.5, 0.6) is 0 Å². The van der Waals surface area contributed by atoms with Crippen LogP contribution in [0, 0.1) is 0 Å². The predicted molar refractivity (Wildman–Crippen MR) is 73.5 cm³/mol. The van der Waals surface area contributed by atoms with Crippen molar-refractivity contribution in [3.05, 3.63) is 41.5 Å². The third-order valence-electron chi connectivity index (χ3n) is 2.61. The highest BCUT2D eigenvalue weighted by Crippen LogP contribution is 2.29. The Labute approximate surface area is 109 Å². The van der Waals surface area contributed by atoms with Gasteiger partial charge in [-0.15, -0.1) is 0 Å². The molecule has 1 aromatic carbocycles. The van der Waals surface area contributed by atoms with E-state index in [2.05, 4.69) is 9.69 Å². The number of carbonyl (C=O) groups is 1. The maximum absolute atomic E-state index is 11.3. The fraction of sp³-hybridized carbons (Fsp3) is 0.167. The molecule has 94 valence electrons. The van der Waals surface area contributed by atoms with Crippen LogP contribution in [-0.2, 0) is 0 Å². The third kappa shape index (κ3) is 2.43. The van der Waals surface area contributed by atoms with Gasteiger partial charge >= 0.3 is 0 Å². The van der Waals surface area contributed by atoms with Crippen molar-refractivity contribution in [3.8, 4) is 0 Å². The van der Waals surface area contributed by atoms with Crippen molar-refractivity contribution in [2.45, 2.75) is 13.0 Å². The summed E-state index contributed by atoms with van der Waals surface area (Å²) in [7, 11) is 0. The summed E-state index contributed by atoms with van der Waals surface area (Å²) in [6.45, 7) is 2.00. The van der Waals surface area contributed by atoms with Gasteiger partial charge in [-0.05, 0) is 24.0 Å². The molecule has 18 heavy (non-hydrogen) atoms. The van der Waals surface area contributed by atoms with Crippen LogP contribution in [0.1, 0.15) is 28.9 Å². The molecule has 1 amide bonds. The minimum absolute atomic E-state index is 0.0455. The van der Waals surface area contributed by atoms with Gasteiger partial charge in [0.1, 0.15) is 10.6 Å². The molecule has 0 saturated carbocycles. The van der Waals surface area contributed by atoms with Gasteiger partial charge in [-0.1, -0.05) is 30.3 Å². The highest BCUT2D eigenvalue weighted by Gasteiger charge is 2.18. The summed E-state index contributed by atoms with van der Waals surface area (Å²) in [5.41, 5.74) is 12.3. The Morgan fingerprint density at radius 3 is 2.67 bits per heavy atom. The molecule has 1 unspecified atom stereocenters. The molecule has 1 atom stereocenters. The number of amides is 1. The smallest absolute Gasteiger partial charge is 0.255 e. The van der Waals surface area contributed by atoms with Gasteiger partial charge in [0.15, 0.2) is 5.82 Å². The number of rotatable bonds is 4. The first-order valence-corrected chi connectivity index (χ1v) is 6.23. The van der Waals surface area contributed by atoms with E-state index in [-0.39, 0.29) is 17.4 Å². The maximum Gasteiger partial charge on any atom is 0.255 e. The Kier molecular flexibility index (Phi) is 3.47. The molecule has 6 heteroatoms. The summed E-state index contributed by atoms with van der Waals surface area (Å²) < 4.78 is 3.94. The maximum atomic E-state index is 11.3. The first-order chi connectivity index (χ1) is 8.59. The molecule has 2 rings (SSSR count). The zero-order chi connectivity index (χ0) is 13.1. The molecule has 1 aromatic heterocycles. The molecule has 0 fully saturated rings. The van der Waals surface area contributed by atoms with E-state index in [1.807, 2.05) is 37.3 Å². The normalized spacial score (nSPS) is 12.1. The number of nitrogens with two attached hydrogens (primary N) is 2. The van der Waals surface area contributed by atoms with Crippen molar-refractivity contribution in [1.82, 2.24) is 4.37 Å². The minimum atomic E-state index is -0.566. The van der Waals surface area contributed by atoms with E-state index in [1.54, 1.807) is 0 Å². The summed E-state index contributed by atoms with van der Waals surface area (Å²) in [5, 5.41) is 3.81. The second kappa shape index (κ2) is 5.05. The van der Waals surface area contributed by atoms with Gasteiger partial charge in [-0.2, -0.15) is 4.37 Å². The lowest BCUT2D eigenvalue weighted by Gasteiger charge is -2.14. The SMILES string of the molecule is CC(Nc1snc(N)c1C(N)=O)c1ccccc1. The van der Waals surface area contributed by atoms with Crippen molar-refractivity contribution in [2.75, 3.05) is 11.1 Å². The third-order valence-corrected chi connectivity index (χ3v) is 3.40. The van der Waals surface area contributed by atoms with Gasteiger partial charge in [0, 0.05) is 6.04 Å². The van der Waals surface area contributed by atoms with Gasteiger partial charge in [0.2, 0.25) is 0 Å². The fourth-order valence-corrected chi connectivity index (χ4v) is 2.47. The zero-order valence-electron chi connectivity index (χ0n) is 9.88. The number of benzene rings is 1. The minimum Gasteiger partial charge on any atom is -0.382 e. The number of nitrogens with zero attached hydrogens (tertiary/aromatic N) is 1. The molecule has 0 spiro atoms. The molecule has 2 aromatic rings. The lowest BCUT2D eigenvalue weighted by Crippen LogP contribution is -2.15. The van der Waals surface area contributed by atoms with Crippen LogP contribution in [0.15, 0.2) is 30.3 Å². The summed E-state index contributed by atoms with van der Waals surface area (Å²) in [6, 6.07) is 9.94. The first-order valence-electron chi connectivity index (χ1n) is 5.46. The molecule has 0 bridgehead atoms. The van der Waals surface area contributed by atoms with Crippen LogP contribution in [0.2, 0.25) is 0 Å². The number of hydrogen-bond acceptors (Lipinski definition) is 5. The number of nitrogen functional groups attached to an aromatic ring is 1. The van der Waals surface area contributed by atoms with Gasteiger partial charge in [0.05, 0.1) is 0 Å².